The molecule has 2 amide bonds. The van der Waals surface area contributed by atoms with E-state index in [9.17, 15) is 14.4 Å². The van der Waals surface area contributed by atoms with E-state index < -0.39 is 17.9 Å². The van der Waals surface area contributed by atoms with Crippen LogP contribution in [-0.4, -0.2) is 37.5 Å². The van der Waals surface area contributed by atoms with Crippen LogP contribution in [0.2, 0.25) is 0 Å². The molecule has 1 aromatic rings. The van der Waals surface area contributed by atoms with Gasteiger partial charge in [0.2, 0.25) is 0 Å². The van der Waals surface area contributed by atoms with Crippen LogP contribution in [-0.2, 0) is 14.3 Å². The second-order valence-electron chi connectivity index (χ2n) is 4.45. The van der Waals surface area contributed by atoms with Gasteiger partial charge in [-0.2, -0.15) is 0 Å². The molecule has 1 unspecified atom stereocenters. The Labute approximate surface area is 121 Å². The predicted octanol–water partition coefficient (Wildman–Crippen LogP) is 0.792. The fourth-order valence-electron chi connectivity index (χ4n) is 1.42. The van der Waals surface area contributed by atoms with Crippen molar-refractivity contribution < 1.29 is 19.1 Å². The molecule has 0 aliphatic carbocycles. The Morgan fingerprint density at radius 3 is 2.55 bits per heavy atom. The Hall–Kier alpha value is -1.89. The summed E-state index contributed by atoms with van der Waals surface area (Å²) in [5.74, 6) is -1.48. The van der Waals surface area contributed by atoms with Crippen LogP contribution < -0.4 is 10.6 Å². The first-order chi connectivity index (χ1) is 9.45. The molecule has 20 heavy (non-hydrogen) atoms. The SMILES string of the molecule is CNC(=O)COC(=O)C(NC(=O)c1cccs1)C(C)C. The molecule has 6 nitrogen and oxygen atoms in total. The molecular formula is C13H18N2O4S. The number of hydrogen-bond donors (Lipinski definition) is 2. The summed E-state index contributed by atoms with van der Waals surface area (Å²) >= 11 is 1.29. The first-order valence-corrected chi connectivity index (χ1v) is 7.05. The first-order valence-electron chi connectivity index (χ1n) is 6.17. The molecule has 1 rings (SSSR count). The van der Waals surface area contributed by atoms with E-state index in [4.69, 9.17) is 4.74 Å². The van der Waals surface area contributed by atoms with Gasteiger partial charge in [-0.15, -0.1) is 11.3 Å². The zero-order valence-corrected chi connectivity index (χ0v) is 12.5. The van der Waals surface area contributed by atoms with Crippen LogP contribution in [0.4, 0.5) is 0 Å². The topological polar surface area (TPSA) is 84.5 Å². The second-order valence-corrected chi connectivity index (χ2v) is 5.40. The summed E-state index contributed by atoms with van der Waals surface area (Å²) in [5, 5.41) is 6.76. The molecule has 0 spiro atoms. The summed E-state index contributed by atoms with van der Waals surface area (Å²) in [6.45, 7) is 3.23. The molecule has 0 saturated heterocycles. The van der Waals surface area contributed by atoms with Gasteiger partial charge in [-0.25, -0.2) is 4.79 Å². The number of carbonyl (C=O) groups is 3. The third-order valence-electron chi connectivity index (χ3n) is 2.58. The van der Waals surface area contributed by atoms with E-state index in [0.717, 1.165) is 0 Å². The first kappa shape index (κ1) is 16.2. The minimum Gasteiger partial charge on any atom is -0.454 e. The van der Waals surface area contributed by atoms with E-state index in [1.807, 2.05) is 0 Å². The van der Waals surface area contributed by atoms with Crippen molar-refractivity contribution in [1.29, 1.82) is 0 Å². The third-order valence-corrected chi connectivity index (χ3v) is 3.45. The van der Waals surface area contributed by atoms with Crippen LogP contribution in [0.25, 0.3) is 0 Å². The molecule has 7 heteroatoms. The van der Waals surface area contributed by atoms with E-state index in [2.05, 4.69) is 10.6 Å². The van der Waals surface area contributed by atoms with Crippen LogP contribution in [0.15, 0.2) is 17.5 Å². The molecule has 2 N–H and O–H groups in total. The van der Waals surface area contributed by atoms with Crippen molar-refractivity contribution in [1.82, 2.24) is 10.6 Å². The molecule has 0 aliphatic heterocycles. The Morgan fingerprint density at radius 1 is 1.35 bits per heavy atom. The smallest absolute Gasteiger partial charge is 0.329 e. The van der Waals surface area contributed by atoms with Crippen LogP contribution >= 0.6 is 11.3 Å². The summed E-state index contributed by atoms with van der Waals surface area (Å²) in [7, 11) is 1.45. The van der Waals surface area contributed by atoms with Gasteiger partial charge in [0.1, 0.15) is 6.04 Å². The van der Waals surface area contributed by atoms with E-state index >= 15 is 0 Å². The van der Waals surface area contributed by atoms with Gasteiger partial charge in [0.05, 0.1) is 4.88 Å². The maximum Gasteiger partial charge on any atom is 0.329 e. The van der Waals surface area contributed by atoms with Crippen molar-refractivity contribution in [2.24, 2.45) is 5.92 Å². The average Bonchev–Trinajstić information content (AvgIpc) is 2.95. The highest BCUT2D eigenvalue weighted by molar-refractivity contribution is 7.12. The number of nitrogens with one attached hydrogen (secondary N) is 2. The number of ether oxygens (including phenoxy) is 1. The number of esters is 1. The molecule has 0 radical (unpaired) electrons. The maximum absolute atomic E-state index is 11.9. The van der Waals surface area contributed by atoms with E-state index in [1.165, 1.54) is 18.4 Å². The summed E-state index contributed by atoms with van der Waals surface area (Å²) in [5.41, 5.74) is 0. The Balaban J connectivity index is 2.62. The predicted molar refractivity (Wildman–Crippen MR) is 75.4 cm³/mol. The quantitative estimate of drug-likeness (QED) is 0.761. The van der Waals surface area contributed by atoms with E-state index in [1.54, 1.807) is 31.4 Å². The van der Waals surface area contributed by atoms with Gasteiger partial charge in [0, 0.05) is 7.05 Å². The summed E-state index contributed by atoms with van der Waals surface area (Å²) in [4.78, 5) is 35.4. The fourth-order valence-corrected chi connectivity index (χ4v) is 2.04. The number of carbonyl (C=O) groups excluding carboxylic acids is 3. The zero-order valence-electron chi connectivity index (χ0n) is 11.6. The number of rotatable bonds is 6. The molecule has 0 aromatic carbocycles. The summed E-state index contributed by atoms with van der Waals surface area (Å²) in [6, 6.07) is 2.65. The monoisotopic (exact) mass is 298 g/mol. The summed E-state index contributed by atoms with van der Waals surface area (Å²) < 4.78 is 4.87. The highest BCUT2D eigenvalue weighted by atomic mass is 32.1. The largest absolute Gasteiger partial charge is 0.454 e. The highest BCUT2D eigenvalue weighted by Gasteiger charge is 2.26. The van der Waals surface area contributed by atoms with Crippen LogP contribution in [0.3, 0.4) is 0 Å². The van der Waals surface area contributed by atoms with Crippen LogP contribution in [0.5, 0.6) is 0 Å². The lowest BCUT2D eigenvalue weighted by atomic mass is 10.0. The van der Waals surface area contributed by atoms with Crippen molar-refractivity contribution in [2.75, 3.05) is 13.7 Å². The fraction of sp³-hybridized carbons (Fsp3) is 0.462. The molecule has 110 valence electrons. The van der Waals surface area contributed by atoms with Crippen molar-refractivity contribution in [3.63, 3.8) is 0 Å². The molecule has 0 bridgehead atoms. The lowest BCUT2D eigenvalue weighted by Gasteiger charge is -2.20. The van der Waals surface area contributed by atoms with Crippen molar-refractivity contribution in [3.05, 3.63) is 22.4 Å². The van der Waals surface area contributed by atoms with Crippen LogP contribution in [0, 0.1) is 5.92 Å². The molecule has 1 aromatic heterocycles. The number of likely N-dealkylation sites (N-methyl/N-ethyl adjacent to an activating group) is 1. The number of thiophene rings is 1. The highest BCUT2D eigenvalue weighted by Crippen LogP contribution is 2.11. The average molecular weight is 298 g/mol. The Kier molecular flexibility index (Phi) is 6.17. The van der Waals surface area contributed by atoms with Gasteiger partial charge in [-0.05, 0) is 17.4 Å². The number of amides is 2. The minimum absolute atomic E-state index is 0.143. The van der Waals surface area contributed by atoms with Crippen molar-refractivity contribution in [2.45, 2.75) is 19.9 Å². The lowest BCUT2D eigenvalue weighted by molar-refractivity contribution is -0.151. The maximum atomic E-state index is 11.9. The van der Waals surface area contributed by atoms with E-state index in [0.29, 0.717) is 4.88 Å². The zero-order chi connectivity index (χ0) is 15.1. The Morgan fingerprint density at radius 2 is 2.05 bits per heavy atom. The van der Waals surface area contributed by atoms with Gasteiger partial charge >= 0.3 is 5.97 Å². The molecule has 0 fully saturated rings. The lowest BCUT2D eigenvalue weighted by Crippen LogP contribution is -2.45. The molecule has 1 heterocycles. The summed E-state index contributed by atoms with van der Waals surface area (Å²) in [6.07, 6.45) is 0. The number of hydrogen-bond acceptors (Lipinski definition) is 5. The van der Waals surface area contributed by atoms with Gasteiger partial charge < -0.3 is 15.4 Å². The van der Waals surface area contributed by atoms with Crippen molar-refractivity contribution in [3.8, 4) is 0 Å². The molecule has 0 aliphatic rings. The molecule has 1 atom stereocenters. The minimum atomic E-state index is -0.783. The van der Waals surface area contributed by atoms with E-state index in [-0.39, 0.29) is 18.4 Å². The van der Waals surface area contributed by atoms with Crippen molar-refractivity contribution >= 4 is 29.1 Å². The molecular weight excluding hydrogens is 280 g/mol. The molecule has 0 saturated carbocycles. The van der Waals surface area contributed by atoms with Gasteiger partial charge in [0.15, 0.2) is 6.61 Å². The second kappa shape index (κ2) is 7.64. The Bertz CT molecular complexity index is 471. The third kappa shape index (κ3) is 4.65. The van der Waals surface area contributed by atoms with Gasteiger partial charge in [-0.3, -0.25) is 9.59 Å². The van der Waals surface area contributed by atoms with Crippen LogP contribution in [0.1, 0.15) is 23.5 Å². The van der Waals surface area contributed by atoms with Gasteiger partial charge in [0.25, 0.3) is 11.8 Å². The standard InChI is InChI=1S/C13H18N2O4S/c1-8(2)11(13(18)19-7-10(16)14-3)15-12(17)9-5-4-6-20-9/h4-6,8,11H,7H2,1-3H3,(H,14,16)(H,15,17). The normalized spacial score (nSPS) is 11.8. The van der Waals surface area contributed by atoms with Gasteiger partial charge in [-0.1, -0.05) is 19.9 Å².